The summed E-state index contributed by atoms with van der Waals surface area (Å²) >= 11 is 0. The minimum Gasteiger partial charge on any atom is -0.377 e. The molecule has 0 aromatic rings. The van der Waals surface area contributed by atoms with Crippen LogP contribution < -0.4 is 5.73 Å². The first-order valence-electron chi connectivity index (χ1n) is 7.11. The Morgan fingerprint density at radius 2 is 2.28 bits per heavy atom. The van der Waals surface area contributed by atoms with Gasteiger partial charge in [0.25, 0.3) is 0 Å². The van der Waals surface area contributed by atoms with Crippen LogP contribution in [0.1, 0.15) is 46.0 Å². The van der Waals surface area contributed by atoms with Crippen LogP contribution in [0.3, 0.4) is 0 Å². The van der Waals surface area contributed by atoms with Crippen molar-refractivity contribution in [3.63, 3.8) is 0 Å². The molecule has 0 aromatic carbocycles. The van der Waals surface area contributed by atoms with Crippen molar-refractivity contribution < 1.29 is 4.74 Å². The van der Waals surface area contributed by atoms with Crippen LogP contribution in [0, 0.1) is 11.3 Å². The molecular formula is C14H27N3O. The van der Waals surface area contributed by atoms with Crippen molar-refractivity contribution >= 4 is 0 Å². The summed E-state index contributed by atoms with van der Waals surface area (Å²) in [6, 6.07) is 2.15. The Balaban J connectivity index is 2.14. The SMILES string of the molecule is CCOC1CCCN(CCCCC(C)(N)C#N)C1. The fourth-order valence-electron chi connectivity index (χ4n) is 2.47. The molecule has 0 radical (unpaired) electrons. The van der Waals surface area contributed by atoms with E-state index in [0.29, 0.717) is 6.10 Å². The standard InChI is InChI=1S/C14H27N3O/c1-3-18-13-7-6-10-17(11-13)9-5-4-8-14(2,16)12-15/h13H,3-11,16H2,1-2H3. The molecule has 0 aliphatic carbocycles. The van der Waals surface area contributed by atoms with Crippen molar-refractivity contribution in [2.24, 2.45) is 5.73 Å². The molecule has 104 valence electrons. The van der Waals surface area contributed by atoms with E-state index in [1.807, 2.05) is 0 Å². The molecule has 0 aromatic heterocycles. The lowest BCUT2D eigenvalue weighted by Gasteiger charge is -2.32. The van der Waals surface area contributed by atoms with E-state index in [1.165, 1.54) is 19.4 Å². The second-order valence-corrected chi connectivity index (χ2v) is 5.51. The fourth-order valence-corrected chi connectivity index (χ4v) is 2.47. The Kier molecular flexibility index (Phi) is 6.62. The summed E-state index contributed by atoms with van der Waals surface area (Å²) in [5, 5.41) is 8.83. The van der Waals surface area contributed by atoms with Crippen LogP contribution in [-0.2, 0) is 4.74 Å². The molecule has 2 unspecified atom stereocenters. The second kappa shape index (κ2) is 7.73. The van der Waals surface area contributed by atoms with Gasteiger partial charge in [0.15, 0.2) is 0 Å². The normalized spacial score (nSPS) is 24.4. The summed E-state index contributed by atoms with van der Waals surface area (Å²) in [6.07, 6.45) is 5.77. The predicted molar refractivity (Wildman–Crippen MR) is 73.1 cm³/mol. The molecule has 2 atom stereocenters. The van der Waals surface area contributed by atoms with Gasteiger partial charge in [0.2, 0.25) is 0 Å². The predicted octanol–water partition coefficient (Wildman–Crippen LogP) is 1.90. The molecule has 4 heteroatoms. The van der Waals surface area contributed by atoms with E-state index in [2.05, 4.69) is 17.9 Å². The molecule has 1 saturated heterocycles. The lowest BCUT2D eigenvalue weighted by atomic mass is 9.98. The number of nitrogens with two attached hydrogens (primary N) is 1. The highest BCUT2D eigenvalue weighted by Crippen LogP contribution is 2.15. The molecule has 1 heterocycles. The van der Waals surface area contributed by atoms with Crippen molar-refractivity contribution in [3.8, 4) is 6.07 Å². The fraction of sp³-hybridized carbons (Fsp3) is 0.929. The maximum atomic E-state index is 8.83. The Morgan fingerprint density at radius 3 is 2.94 bits per heavy atom. The zero-order valence-corrected chi connectivity index (χ0v) is 11.8. The number of hydrogen-bond donors (Lipinski definition) is 1. The number of nitriles is 1. The van der Waals surface area contributed by atoms with E-state index in [0.717, 1.165) is 39.0 Å². The lowest BCUT2D eigenvalue weighted by molar-refractivity contribution is 0.00553. The van der Waals surface area contributed by atoms with Crippen LogP contribution in [0.15, 0.2) is 0 Å². The highest BCUT2D eigenvalue weighted by atomic mass is 16.5. The molecule has 2 N–H and O–H groups in total. The second-order valence-electron chi connectivity index (χ2n) is 5.51. The summed E-state index contributed by atoms with van der Waals surface area (Å²) in [6.45, 7) is 8.02. The van der Waals surface area contributed by atoms with Gasteiger partial charge in [-0.1, -0.05) is 0 Å². The maximum absolute atomic E-state index is 8.83. The highest BCUT2D eigenvalue weighted by molar-refractivity contribution is 5.00. The van der Waals surface area contributed by atoms with Crippen molar-refractivity contribution in [1.29, 1.82) is 5.26 Å². The third-order valence-corrected chi connectivity index (χ3v) is 3.54. The van der Waals surface area contributed by atoms with Crippen molar-refractivity contribution in [2.45, 2.75) is 57.6 Å². The topological polar surface area (TPSA) is 62.3 Å². The molecule has 1 aliphatic heterocycles. The Morgan fingerprint density at radius 1 is 1.50 bits per heavy atom. The number of piperidine rings is 1. The maximum Gasteiger partial charge on any atom is 0.101 e. The first-order chi connectivity index (χ1) is 8.57. The first kappa shape index (κ1) is 15.4. The van der Waals surface area contributed by atoms with Crippen LogP contribution in [0.4, 0.5) is 0 Å². The van der Waals surface area contributed by atoms with E-state index in [9.17, 15) is 0 Å². The summed E-state index contributed by atoms with van der Waals surface area (Å²) in [7, 11) is 0. The average molecular weight is 253 g/mol. The number of ether oxygens (including phenoxy) is 1. The van der Waals surface area contributed by atoms with Crippen LogP contribution in [0.2, 0.25) is 0 Å². The number of likely N-dealkylation sites (tertiary alicyclic amines) is 1. The van der Waals surface area contributed by atoms with Crippen molar-refractivity contribution in [3.05, 3.63) is 0 Å². The molecule has 0 amide bonds. The minimum atomic E-state index is -0.657. The van der Waals surface area contributed by atoms with Crippen LogP contribution in [0.5, 0.6) is 0 Å². The molecular weight excluding hydrogens is 226 g/mol. The third kappa shape index (κ3) is 5.81. The van der Waals surface area contributed by atoms with Gasteiger partial charge in [-0.25, -0.2) is 0 Å². The number of nitrogens with zero attached hydrogens (tertiary/aromatic N) is 2. The molecule has 1 fully saturated rings. The number of hydrogen-bond acceptors (Lipinski definition) is 4. The zero-order chi connectivity index (χ0) is 13.4. The van der Waals surface area contributed by atoms with Crippen molar-refractivity contribution in [1.82, 2.24) is 4.90 Å². The molecule has 0 saturated carbocycles. The highest BCUT2D eigenvalue weighted by Gasteiger charge is 2.20. The van der Waals surface area contributed by atoms with Crippen molar-refractivity contribution in [2.75, 3.05) is 26.2 Å². The monoisotopic (exact) mass is 253 g/mol. The van der Waals surface area contributed by atoms with E-state index < -0.39 is 5.54 Å². The molecule has 0 bridgehead atoms. The van der Waals surface area contributed by atoms with E-state index >= 15 is 0 Å². The average Bonchev–Trinajstić information content (AvgIpc) is 2.36. The summed E-state index contributed by atoms with van der Waals surface area (Å²) in [5.74, 6) is 0. The van der Waals surface area contributed by atoms with Gasteiger partial charge in [-0.2, -0.15) is 5.26 Å². The summed E-state index contributed by atoms with van der Waals surface area (Å²) < 4.78 is 5.69. The largest absolute Gasteiger partial charge is 0.377 e. The van der Waals surface area contributed by atoms with Gasteiger partial charge in [0, 0.05) is 13.2 Å². The smallest absolute Gasteiger partial charge is 0.101 e. The number of rotatable bonds is 7. The molecule has 18 heavy (non-hydrogen) atoms. The van der Waals surface area contributed by atoms with Gasteiger partial charge in [-0.15, -0.1) is 0 Å². The summed E-state index contributed by atoms with van der Waals surface area (Å²) in [4.78, 5) is 2.48. The summed E-state index contributed by atoms with van der Waals surface area (Å²) in [5.41, 5.74) is 5.15. The Hall–Kier alpha value is -0.630. The molecule has 0 spiro atoms. The number of unbranched alkanes of at least 4 members (excludes halogenated alkanes) is 1. The zero-order valence-electron chi connectivity index (χ0n) is 11.8. The Labute approximate surface area is 111 Å². The van der Waals surface area contributed by atoms with Gasteiger partial charge in [-0.3, -0.25) is 0 Å². The van der Waals surface area contributed by atoms with Crippen LogP contribution >= 0.6 is 0 Å². The Bertz CT molecular complexity index is 271. The van der Waals surface area contributed by atoms with Gasteiger partial charge in [0.1, 0.15) is 5.54 Å². The quantitative estimate of drug-likeness (QED) is 0.704. The molecule has 1 rings (SSSR count). The van der Waals surface area contributed by atoms with E-state index in [-0.39, 0.29) is 0 Å². The molecule has 1 aliphatic rings. The lowest BCUT2D eigenvalue weighted by Crippen LogP contribution is -2.40. The van der Waals surface area contributed by atoms with E-state index in [1.54, 1.807) is 6.92 Å². The van der Waals surface area contributed by atoms with Crippen LogP contribution in [-0.4, -0.2) is 42.8 Å². The first-order valence-corrected chi connectivity index (χ1v) is 7.11. The van der Waals surface area contributed by atoms with Gasteiger partial charge in [-0.05, 0) is 59.0 Å². The van der Waals surface area contributed by atoms with Gasteiger partial charge >= 0.3 is 0 Å². The van der Waals surface area contributed by atoms with Gasteiger partial charge in [0.05, 0.1) is 12.2 Å². The van der Waals surface area contributed by atoms with E-state index in [4.69, 9.17) is 15.7 Å². The van der Waals surface area contributed by atoms with Crippen LogP contribution in [0.25, 0.3) is 0 Å². The molecule has 4 nitrogen and oxygen atoms in total. The minimum absolute atomic E-state index is 0.419. The van der Waals surface area contributed by atoms with Gasteiger partial charge < -0.3 is 15.4 Å². The third-order valence-electron chi connectivity index (χ3n) is 3.54.